The van der Waals surface area contributed by atoms with Gasteiger partial charge in [0, 0.05) is 28.1 Å². The van der Waals surface area contributed by atoms with Crippen molar-refractivity contribution < 1.29 is 32.2 Å². The van der Waals surface area contributed by atoms with Gasteiger partial charge in [0.15, 0.2) is 23.2 Å². The van der Waals surface area contributed by atoms with Gasteiger partial charge in [-0.1, -0.05) is 11.6 Å². The standard InChI is InChI=1S/C21H16ClF3N2O4S/c1-30-18-6-12(10-28)2-5-17(18)31-11-19(29)27-20-26-9-15(32-20)8-13-7-14(21(23,24)25)3-4-16(13)22/h2-7,9-10H,8,11H2,1H3,(H,26,27,29). The van der Waals surface area contributed by atoms with Crippen LogP contribution in [0, 0.1) is 0 Å². The second-order valence-electron chi connectivity index (χ2n) is 6.48. The van der Waals surface area contributed by atoms with Crippen LogP contribution in [-0.2, 0) is 17.4 Å². The molecule has 0 aliphatic rings. The molecule has 3 rings (SSSR count). The molecule has 3 aromatic rings. The maximum absolute atomic E-state index is 12.9. The number of methoxy groups -OCH3 is 1. The van der Waals surface area contributed by atoms with Crippen molar-refractivity contribution in [1.82, 2.24) is 4.98 Å². The monoisotopic (exact) mass is 484 g/mol. The molecular weight excluding hydrogens is 469 g/mol. The van der Waals surface area contributed by atoms with Crippen LogP contribution in [0.2, 0.25) is 5.02 Å². The lowest BCUT2D eigenvalue weighted by Gasteiger charge is -2.10. The van der Waals surface area contributed by atoms with Crippen molar-refractivity contribution >= 4 is 40.3 Å². The Morgan fingerprint density at radius 2 is 2.00 bits per heavy atom. The van der Waals surface area contributed by atoms with E-state index in [0.29, 0.717) is 28.0 Å². The molecule has 1 aromatic heterocycles. The number of hydrogen-bond donors (Lipinski definition) is 1. The van der Waals surface area contributed by atoms with Crippen molar-refractivity contribution in [1.29, 1.82) is 0 Å². The fraction of sp³-hybridized carbons (Fsp3) is 0.190. The zero-order valence-corrected chi connectivity index (χ0v) is 18.1. The lowest BCUT2D eigenvalue weighted by molar-refractivity contribution is -0.137. The molecule has 2 aromatic carbocycles. The molecule has 168 valence electrons. The van der Waals surface area contributed by atoms with Crippen molar-refractivity contribution in [2.24, 2.45) is 0 Å². The molecule has 1 heterocycles. The normalized spacial score (nSPS) is 11.2. The Hall–Kier alpha value is -3.11. The minimum atomic E-state index is -4.47. The third kappa shape index (κ3) is 5.98. The Morgan fingerprint density at radius 1 is 1.22 bits per heavy atom. The Bertz CT molecular complexity index is 1130. The van der Waals surface area contributed by atoms with Crippen LogP contribution in [0.1, 0.15) is 26.4 Å². The number of nitrogens with zero attached hydrogens (tertiary/aromatic N) is 1. The fourth-order valence-electron chi connectivity index (χ4n) is 2.70. The number of aldehydes is 1. The summed E-state index contributed by atoms with van der Waals surface area (Å²) in [5.74, 6) is 0.0914. The van der Waals surface area contributed by atoms with Gasteiger partial charge in [-0.25, -0.2) is 4.98 Å². The molecule has 0 unspecified atom stereocenters. The number of anilines is 1. The molecule has 1 amide bonds. The smallest absolute Gasteiger partial charge is 0.416 e. The number of aromatic nitrogens is 1. The summed E-state index contributed by atoms with van der Waals surface area (Å²) >= 11 is 7.14. The van der Waals surface area contributed by atoms with Crippen LogP contribution < -0.4 is 14.8 Å². The van der Waals surface area contributed by atoms with Crippen molar-refractivity contribution in [2.45, 2.75) is 12.6 Å². The number of rotatable bonds is 8. The lowest BCUT2D eigenvalue weighted by atomic mass is 10.1. The number of alkyl halides is 3. The molecule has 0 bridgehead atoms. The zero-order valence-electron chi connectivity index (χ0n) is 16.5. The highest BCUT2D eigenvalue weighted by molar-refractivity contribution is 7.15. The van der Waals surface area contributed by atoms with Gasteiger partial charge in [0.25, 0.3) is 5.91 Å². The van der Waals surface area contributed by atoms with E-state index in [-0.39, 0.29) is 28.9 Å². The average molecular weight is 485 g/mol. The van der Waals surface area contributed by atoms with Crippen molar-refractivity contribution in [3.63, 3.8) is 0 Å². The largest absolute Gasteiger partial charge is 0.493 e. The summed E-state index contributed by atoms with van der Waals surface area (Å²) in [6.07, 6.45) is -2.22. The minimum absolute atomic E-state index is 0.132. The first kappa shape index (κ1) is 23.6. The van der Waals surface area contributed by atoms with E-state index < -0.39 is 17.6 Å². The van der Waals surface area contributed by atoms with E-state index in [1.54, 1.807) is 0 Å². The molecular formula is C21H16ClF3N2O4S. The Balaban J connectivity index is 1.61. The van der Waals surface area contributed by atoms with Crippen LogP contribution in [0.5, 0.6) is 11.5 Å². The van der Waals surface area contributed by atoms with Gasteiger partial charge in [-0.15, -0.1) is 11.3 Å². The third-order valence-corrected chi connectivity index (χ3v) is 5.50. The van der Waals surface area contributed by atoms with Gasteiger partial charge in [-0.2, -0.15) is 13.2 Å². The molecule has 0 atom stereocenters. The van der Waals surface area contributed by atoms with Crippen LogP contribution in [0.3, 0.4) is 0 Å². The molecule has 0 radical (unpaired) electrons. The first-order valence-corrected chi connectivity index (χ1v) is 10.2. The molecule has 11 heteroatoms. The maximum atomic E-state index is 12.9. The molecule has 1 N–H and O–H groups in total. The number of amides is 1. The predicted molar refractivity (Wildman–Crippen MR) is 114 cm³/mol. The summed E-state index contributed by atoms with van der Waals surface area (Å²) in [4.78, 5) is 27.7. The summed E-state index contributed by atoms with van der Waals surface area (Å²) in [5.41, 5.74) is -0.0873. The third-order valence-electron chi connectivity index (χ3n) is 4.22. The molecule has 0 aliphatic carbocycles. The lowest BCUT2D eigenvalue weighted by Crippen LogP contribution is -2.20. The first-order valence-electron chi connectivity index (χ1n) is 9.06. The van der Waals surface area contributed by atoms with E-state index in [1.165, 1.54) is 37.6 Å². The quantitative estimate of drug-likeness (QED) is 0.442. The van der Waals surface area contributed by atoms with Crippen LogP contribution in [-0.4, -0.2) is 30.9 Å². The predicted octanol–water partition coefficient (Wildman–Crippen LogP) is 5.24. The highest BCUT2D eigenvalue weighted by Gasteiger charge is 2.31. The van der Waals surface area contributed by atoms with Gasteiger partial charge in [0.2, 0.25) is 0 Å². The van der Waals surface area contributed by atoms with E-state index in [9.17, 15) is 22.8 Å². The Kier molecular flexibility index (Phi) is 7.37. The second kappa shape index (κ2) is 10.0. The number of hydrogen-bond acceptors (Lipinski definition) is 6. The number of thiazole rings is 1. The summed E-state index contributed by atoms with van der Waals surface area (Å²) in [7, 11) is 1.41. The first-order chi connectivity index (χ1) is 15.2. The molecule has 32 heavy (non-hydrogen) atoms. The van der Waals surface area contributed by atoms with Gasteiger partial charge in [0.05, 0.1) is 12.7 Å². The highest BCUT2D eigenvalue weighted by atomic mass is 35.5. The maximum Gasteiger partial charge on any atom is 0.416 e. The fourth-order valence-corrected chi connectivity index (χ4v) is 3.73. The Labute approximate surface area is 189 Å². The van der Waals surface area contributed by atoms with E-state index in [4.69, 9.17) is 21.1 Å². The van der Waals surface area contributed by atoms with Gasteiger partial charge in [-0.3, -0.25) is 14.9 Å². The summed E-state index contributed by atoms with van der Waals surface area (Å²) in [5, 5.41) is 3.03. The summed E-state index contributed by atoms with van der Waals surface area (Å²) in [6.45, 7) is -0.342. The van der Waals surface area contributed by atoms with Gasteiger partial charge >= 0.3 is 6.18 Å². The van der Waals surface area contributed by atoms with Gasteiger partial charge in [0.1, 0.15) is 6.29 Å². The van der Waals surface area contributed by atoms with Crippen LogP contribution in [0.15, 0.2) is 42.6 Å². The average Bonchev–Trinajstić information content (AvgIpc) is 3.19. The molecule has 0 spiro atoms. The number of carbonyl (C=O) groups excluding carboxylic acids is 2. The Morgan fingerprint density at radius 3 is 2.69 bits per heavy atom. The van der Waals surface area contributed by atoms with Gasteiger partial charge < -0.3 is 9.47 Å². The highest BCUT2D eigenvalue weighted by Crippen LogP contribution is 2.33. The second-order valence-corrected chi connectivity index (χ2v) is 8.00. The van der Waals surface area contributed by atoms with Crippen LogP contribution in [0.4, 0.5) is 18.3 Å². The van der Waals surface area contributed by atoms with Crippen molar-refractivity contribution in [2.75, 3.05) is 19.0 Å². The number of nitrogens with one attached hydrogen (secondary N) is 1. The molecule has 0 saturated carbocycles. The SMILES string of the molecule is COc1cc(C=O)ccc1OCC(=O)Nc1ncc(Cc2cc(C(F)(F)F)ccc2Cl)s1. The van der Waals surface area contributed by atoms with E-state index in [1.807, 2.05) is 0 Å². The van der Waals surface area contributed by atoms with E-state index in [0.717, 1.165) is 23.5 Å². The van der Waals surface area contributed by atoms with Crippen LogP contribution in [0.25, 0.3) is 0 Å². The van der Waals surface area contributed by atoms with Crippen LogP contribution >= 0.6 is 22.9 Å². The van der Waals surface area contributed by atoms with E-state index in [2.05, 4.69) is 10.3 Å². The topological polar surface area (TPSA) is 77.5 Å². The van der Waals surface area contributed by atoms with Crippen molar-refractivity contribution in [3.05, 3.63) is 69.2 Å². The number of ether oxygens (including phenoxy) is 2. The molecule has 0 aliphatic heterocycles. The van der Waals surface area contributed by atoms with Gasteiger partial charge in [-0.05, 0) is 42.0 Å². The summed E-state index contributed by atoms with van der Waals surface area (Å²) < 4.78 is 49.3. The van der Waals surface area contributed by atoms with Crippen molar-refractivity contribution in [3.8, 4) is 11.5 Å². The number of carbonyl (C=O) groups is 2. The number of halogens is 4. The molecule has 0 saturated heterocycles. The number of benzene rings is 2. The van der Waals surface area contributed by atoms with E-state index >= 15 is 0 Å². The zero-order chi connectivity index (χ0) is 23.3. The summed E-state index contributed by atoms with van der Waals surface area (Å²) in [6, 6.07) is 7.64. The molecule has 0 fully saturated rings. The minimum Gasteiger partial charge on any atom is -0.493 e. The molecule has 6 nitrogen and oxygen atoms in total.